The minimum Gasteiger partial charge on any atom is -0.478 e. The van der Waals surface area contributed by atoms with Crippen LogP contribution in [0.25, 0.3) is 11.0 Å². The van der Waals surface area contributed by atoms with Crippen LogP contribution < -0.4 is 10.1 Å². The monoisotopic (exact) mass is 435 g/mol. The van der Waals surface area contributed by atoms with Gasteiger partial charge in [-0.25, -0.2) is 8.78 Å². The topological polar surface area (TPSA) is 68.5 Å². The number of para-hydroxylation sites is 2. The number of ether oxygens (including phenoxy) is 1. The van der Waals surface area contributed by atoms with Crippen molar-refractivity contribution in [2.75, 3.05) is 5.32 Å². The summed E-state index contributed by atoms with van der Waals surface area (Å²) in [6.07, 6.45) is -1.07. The number of anilines is 1. The minimum atomic E-state index is -1.07. The number of carbonyl (C=O) groups is 2. The molecule has 1 amide bonds. The van der Waals surface area contributed by atoms with Crippen LogP contribution in [-0.4, -0.2) is 17.8 Å². The number of hydrogen-bond acceptors (Lipinski definition) is 4. The van der Waals surface area contributed by atoms with Crippen LogP contribution in [0.5, 0.6) is 5.75 Å². The maximum Gasteiger partial charge on any atom is 0.265 e. The molecule has 1 atom stereocenters. The van der Waals surface area contributed by atoms with Crippen LogP contribution in [0.2, 0.25) is 0 Å². The Morgan fingerprint density at radius 2 is 1.69 bits per heavy atom. The van der Waals surface area contributed by atoms with Crippen molar-refractivity contribution in [3.8, 4) is 5.75 Å². The predicted octanol–water partition coefficient (Wildman–Crippen LogP) is 5.66. The summed E-state index contributed by atoms with van der Waals surface area (Å²) in [7, 11) is 0. The molecule has 162 valence electrons. The van der Waals surface area contributed by atoms with E-state index in [0.717, 1.165) is 6.07 Å². The molecule has 0 bridgehead atoms. The molecule has 0 radical (unpaired) electrons. The van der Waals surface area contributed by atoms with E-state index in [0.29, 0.717) is 16.5 Å². The average molecular weight is 435 g/mol. The van der Waals surface area contributed by atoms with E-state index < -0.39 is 29.4 Å². The van der Waals surface area contributed by atoms with Gasteiger partial charge in [0.1, 0.15) is 11.4 Å². The van der Waals surface area contributed by atoms with Crippen LogP contribution in [0, 0.1) is 18.6 Å². The third kappa shape index (κ3) is 4.09. The number of fused-ring (bicyclic) bond motifs is 1. The van der Waals surface area contributed by atoms with Crippen LogP contribution in [-0.2, 0) is 4.79 Å². The lowest BCUT2D eigenvalue weighted by atomic mass is 10.0. The molecule has 3 aromatic carbocycles. The van der Waals surface area contributed by atoms with Gasteiger partial charge in [-0.3, -0.25) is 9.59 Å². The molecule has 5 nitrogen and oxygen atoms in total. The molecular formula is C25H19F2NO4. The van der Waals surface area contributed by atoms with Gasteiger partial charge in [0.25, 0.3) is 5.91 Å². The van der Waals surface area contributed by atoms with Crippen molar-refractivity contribution in [2.45, 2.75) is 20.0 Å². The van der Waals surface area contributed by atoms with Crippen LogP contribution >= 0.6 is 0 Å². The van der Waals surface area contributed by atoms with Crippen LogP contribution in [0.15, 0.2) is 71.1 Å². The number of carbonyl (C=O) groups excluding carboxylic acids is 2. The number of nitrogens with one attached hydrogen (secondary N) is 1. The highest BCUT2D eigenvalue weighted by Crippen LogP contribution is 2.33. The van der Waals surface area contributed by atoms with Gasteiger partial charge in [0.2, 0.25) is 5.78 Å². The van der Waals surface area contributed by atoms with Gasteiger partial charge in [0.05, 0.1) is 5.69 Å². The summed E-state index contributed by atoms with van der Waals surface area (Å²) in [4.78, 5) is 25.9. The number of furan rings is 1. The minimum absolute atomic E-state index is 0.0707. The number of halogens is 2. The third-order valence-electron chi connectivity index (χ3n) is 4.99. The molecule has 32 heavy (non-hydrogen) atoms. The van der Waals surface area contributed by atoms with E-state index in [1.807, 2.05) is 0 Å². The second kappa shape index (κ2) is 8.63. The zero-order valence-electron chi connectivity index (χ0n) is 17.3. The summed E-state index contributed by atoms with van der Waals surface area (Å²) >= 11 is 0. The van der Waals surface area contributed by atoms with Gasteiger partial charge in [-0.15, -0.1) is 0 Å². The fraction of sp³-hybridized carbons (Fsp3) is 0.120. The lowest BCUT2D eigenvalue weighted by Gasteiger charge is -2.15. The molecule has 0 saturated heterocycles. The van der Waals surface area contributed by atoms with Crippen molar-refractivity contribution in [3.63, 3.8) is 0 Å². The van der Waals surface area contributed by atoms with Crippen molar-refractivity contribution in [1.29, 1.82) is 0 Å². The molecule has 0 aliphatic rings. The standard InChI is InChI=1S/C25H19F2NO4/c1-14-11-12-16(13-19(14)27)23(29)24-22(17-7-3-5-9-20(17)32-24)28-25(30)15(2)31-21-10-6-4-8-18(21)26/h3-13,15H,1-2H3,(H,28,30). The van der Waals surface area contributed by atoms with E-state index in [4.69, 9.17) is 9.15 Å². The summed E-state index contributed by atoms with van der Waals surface area (Å²) in [6.45, 7) is 3.05. The Hall–Kier alpha value is -4.00. The van der Waals surface area contributed by atoms with Gasteiger partial charge in [-0.1, -0.05) is 36.4 Å². The number of rotatable bonds is 6. The van der Waals surface area contributed by atoms with E-state index >= 15 is 0 Å². The number of ketones is 1. The second-order valence-corrected chi connectivity index (χ2v) is 7.28. The summed E-state index contributed by atoms with van der Waals surface area (Å²) in [5.41, 5.74) is 0.999. The second-order valence-electron chi connectivity index (χ2n) is 7.28. The van der Waals surface area contributed by atoms with E-state index in [-0.39, 0.29) is 22.8 Å². The Balaban J connectivity index is 1.67. The Kier molecular flexibility index (Phi) is 5.73. The third-order valence-corrected chi connectivity index (χ3v) is 4.99. The lowest BCUT2D eigenvalue weighted by Crippen LogP contribution is -2.30. The fourth-order valence-corrected chi connectivity index (χ4v) is 3.20. The Bertz CT molecular complexity index is 1330. The highest BCUT2D eigenvalue weighted by molar-refractivity contribution is 6.17. The molecule has 1 N–H and O–H groups in total. The van der Waals surface area contributed by atoms with Gasteiger partial charge in [0.15, 0.2) is 23.4 Å². The molecule has 0 aliphatic heterocycles. The predicted molar refractivity (Wildman–Crippen MR) is 116 cm³/mol. The average Bonchev–Trinajstić information content (AvgIpc) is 3.15. The first kappa shape index (κ1) is 21.2. The first-order valence-corrected chi connectivity index (χ1v) is 9.89. The van der Waals surface area contributed by atoms with Crippen molar-refractivity contribution >= 4 is 28.3 Å². The lowest BCUT2D eigenvalue weighted by molar-refractivity contribution is -0.122. The first-order chi connectivity index (χ1) is 15.3. The fourth-order valence-electron chi connectivity index (χ4n) is 3.20. The first-order valence-electron chi connectivity index (χ1n) is 9.89. The number of aryl methyl sites for hydroxylation is 1. The molecule has 0 spiro atoms. The van der Waals surface area contributed by atoms with Crippen LogP contribution in [0.3, 0.4) is 0 Å². The van der Waals surface area contributed by atoms with E-state index in [9.17, 15) is 18.4 Å². The maximum absolute atomic E-state index is 14.0. The van der Waals surface area contributed by atoms with Gasteiger partial charge in [0, 0.05) is 10.9 Å². The van der Waals surface area contributed by atoms with Crippen LogP contribution in [0.1, 0.15) is 28.6 Å². The molecule has 1 aromatic heterocycles. The van der Waals surface area contributed by atoms with E-state index in [1.165, 1.54) is 37.3 Å². The molecule has 0 fully saturated rings. The highest BCUT2D eigenvalue weighted by atomic mass is 19.1. The Morgan fingerprint density at radius 1 is 0.969 bits per heavy atom. The van der Waals surface area contributed by atoms with Crippen molar-refractivity contribution in [1.82, 2.24) is 0 Å². The number of hydrogen-bond donors (Lipinski definition) is 1. The summed E-state index contributed by atoms with van der Waals surface area (Å²) in [5.74, 6) is -2.52. The smallest absolute Gasteiger partial charge is 0.265 e. The normalized spacial score (nSPS) is 11.9. The van der Waals surface area contributed by atoms with E-state index in [2.05, 4.69) is 5.32 Å². The molecule has 4 rings (SSSR count). The molecular weight excluding hydrogens is 416 g/mol. The van der Waals surface area contributed by atoms with Crippen molar-refractivity contribution in [3.05, 3.63) is 95.3 Å². The van der Waals surface area contributed by atoms with Gasteiger partial charge in [-0.2, -0.15) is 0 Å². The maximum atomic E-state index is 14.0. The molecule has 0 aliphatic carbocycles. The molecule has 4 aromatic rings. The largest absolute Gasteiger partial charge is 0.478 e. The molecule has 0 saturated carbocycles. The van der Waals surface area contributed by atoms with Crippen LogP contribution in [0.4, 0.5) is 14.5 Å². The Labute approximate surface area is 182 Å². The molecule has 1 heterocycles. The Morgan fingerprint density at radius 3 is 2.44 bits per heavy atom. The quantitative estimate of drug-likeness (QED) is 0.397. The van der Waals surface area contributed by atoms with Gasteiger partial charge >= 0.3 is 0 Å². The summed E-state index contributed by atoms with van der Waals surface area (Å²) in [6, 6.07) is 16.6. The highest BCUT2D eigenvalue weighted by Gasteiger charge is 2.26. The molecule has 7 heteroatoms. The zero-order valence-corrected chi connectivity index (χ0v) is 17.3. The summed E-state index contributed by atoms with van der Waals surface area (Å²) < 4.78 is 39.0. The summed E-state index contributed by atoms with van der Waals surface area (Å²) in [5, 5.41) is 3.15. The van der Waals surface area contributed by atoms with E-state index in [1.54, 1.807) is 37.3 Å². The van der Waals surface area contributed by atoms with Gasteiger partial charge < -0.3 is 14.5 Å². The van der Waals surface area contributed by atoms with Crippen molar-refractivity contribution < 1.29 is 27.5 Å². The number of amides is 1. The van der Waals surface area contributed by atoms with Crippen molar-refractivity contribution in [2.24, 2.45) is 0 Å². The van der Waals surface area contributed by atoms with Gasteiger partial charge in [-0.05, 0) is 49.7 Å². The molecule has 1 unspecified atom stereocenters. The number of benzene rings is 3. The zero-order chi connectivity index (χ0) is 22.8. The SMILES string of the molecule is Cc1ccc(C(=O)c2oc3ccccc3c2NC(=O)C(C)Oc2ccccc2F)cc1F.